The highest BCUT2D eigenvalue weighted by Crippen LogP contribution is 2.37. The quantitative estimate of drug-likeness (QED) is 0.331. The zero-order valence-corrected chi connectivity index (χ0v) is 18.5. The number of alkyl halides is 5. The average molecular weight is 493 g/mol. The number of benzene rings is 2. The lowest BCUT2D eigenvalue weighted by molar-refractivity contribution is -0.267. The zero-order chi connectivity index (χ0) is 25.8. The van der Waals surface area contributed by atoms with Crippen molar-refractivity contribution in [3.63, 3.8) is 0 Å². The van der Waals surface area contributed by atoms with Gasteiger partial charge in [-0.1, -0.05) is 36.4 Å². The highest BCUT2D eigenvalue weighted by molar-refractivity contribution is 5.99. The Morgan fingerprint density at radius 1 is 0.971 bits per heavy atom. The van der Waals surface area contributed by atoms with Crippen LogP contribution in [0.5, 0.6) is 0 Å². The molecule has 0 aliphatic carbocycles. The van der Waals surface area contributed by atoms with Crippen LogP contribution in [0.4, 0.5) is 33.5 Å². The molecular formula is C24H20F5N3O3. The summed E-state index contributed by atoms with van der Waals surface area (Å²) in [7, 11) is 1.29. The second-order valence-electron chi connectivity index (χ2n) is 7.47. The van der Waals surface area contributed by atoms with Gasteiger partial charge in [-0.3, -0.25) is 4.79 Å². The zero-order valence-electron chi connectivity index (χ0n) is 18.5. The van der Waals surface area contributed by atoms with Crippen molar-refractivity contribution < 1.29 is 36.3 Å². The number of carbonyl (C=O) groups excluding carboxylic acids is 2. The molecular weight excluding hydrogens is 473 g/mol. The van der Waals surface area contributed by atoms with Gasteiger partial charge in [0.05, 0.1) is 18.4 Å². The molecule has 3 aromatic rings. The molecule has 0 unspecified atom stereocenters. The van der Waals surface area contributed by atoms with Gasteiger partial charge in [0.25, 0.3) is 0 Å². The number of methoxy groups -OCH3 is 1. The second-order valence-corrected chi connectivity index (χ2v) is 7.47. The molecule has 0 saturated heterocycles. The van der Waals surface area contributed by atoms with Gasteiger partial charge in [-0.05, 0) is 47.4 Å². The molecule has 0 atom stereocenters. The number of halogens is 5. The third kappa shape index (κ3) is 5.56. The predicted octanol–water partition coefficient (Wildman–Crippen LogP) is 5.59. The Kier molecular flexibility index (Phi) is 7.37. The van der Waals surface area contributed by atoms with Gasteiger partial charge >= 0.3 is 24.0 Å². The van der Waals surface area contributed by atoms with E-state index in [1.807, 2.05) is 13.0 Å². The van der Waals surface area contributed by atoms with Crippen LogP contribution in [-0.4, -0.2) is 36.1 Å². The lowest BCUT2D eigenvalue weighted by Crippen LogP contribution is -2.47. The SMILES string of the molecule is COC(=O)c1ccccc1-c1ccc(CNc2ncccc2NC(=O)C(F)(F)C(F)(F)F)cc1C. The molecule has 0 radical (unpaired) electrons. The minimum atomic E-state index is -6.03. The van der Waals surface area contributed by atoms with Crippen LogP contribution in [0.15, 0.2) is 60.8 Å². The molecule has 2 aromatic carbocycles. The molecule has 1 aromatic heterocycles. The number of anilines is 2. The lowest BCUT2D eigenvalue weighted by atomic mass is 9.94. The normalized spacial score (nSPS) is 11.6. The first-order chi connectivity index (χ1) is 16.5. The number of ether oxygens (including phenoxy) is 1. The van der Waals surface area contributed by atoms with E-state index in [0.717, 1.165) is 22.8 Å². The van der Waals surface area contributed by atoms with Crippen molar-refractivity contribution >= 4 is 23.4 Å². The smallest absolute Gasteiger partial charge is 0.463 e. The minimum Gasteiger partial charge on any atom is -0.465 e. The van der Waals surface area contributed by atoms with Crippen LogP contribution in [0.25, 0.3) is 11.1 Å². The molecule has 0 bridgehead atoms. The van der Waals surface area contributed by atoms with Gasteiger partial charge in [0.2, 0.25) is 0 Å². The summed E-state index contributed by atoms with van der Waals surface area (Å²) in [4.78, 5) is 27.6. The number of hydrogen-bond donors (Lipinski definition) is 2. The topological polar surface area (TPSA) is 80.3 Å². The van der Waals surface area contributed by atoms with Gasteiger partial charge in [-0.15, -0.1) is 0 Å². The highest BCUT2D eigenvalue weighted by atomic mass is 19.4. The molecule has 6 nitrogen and oxygen atoms in total. The van der Waals surface area contributed by atoms with Crippen LogP contribution < -0.4 is 10.6 Å². The largest absolute Gasteiger partial charge is 0.465 e. The Hall–Kier alpha value is -4.02. The molecule has 0 saturated carbocycles. The summed E-state index contributed by atoms with van der Waals surface area (Å²) in [5.74, 6) is -8.64. The molecule has 0 fully saturated rings. The molecule has 184 valence electrons. The summed E-state index contributed by atoms with van der Waals surface area (Å²) in [6.45, 7) is 1.95. The molecule has 0 spiro atoms. The van der Waals surface area contributed by atoms with Gasteiger partial charge in [0.15, 0.2) is 0 Å². The Bertz CT molecular complexity index is 1250. The van der Waals surface area contributed by atoms with Crippen LogP contribution in [0.1, 0.15) is 21.5 Å². The second kappa shape index (κ2) is 10.1. The fraction of sp³-hybridized carbons (Fsp3) is 0.208. The van der Waals surface area contributed by atoms with Gasteiger partial charge in [-0.2, -0.15) is 22.0 Å². The van der Waals surface area contributed by atoms with Crippen molar-refractivity contribution in [3.8, 4) is 11.1 Å². The Labute approximate surface area is 197 Å². The summed E-state index contributed by atoms with van der Waals surface area (Å²) in [6.07, 6.45) is -4.74. The van der Waals surface area contributed by atoms with Gasteiger partial charge < -0.3 is 15.4 Å². The number of nitrogens with zero attached hydrogens (tertiary/aromatic N) is 1. The Morgan fingerprint density at radius 2 is 1.69 bits per heavy atom. The summed E-state index contributed by atoms with van der Waals surface area (Å²) >= 11 is 0. The van der Waals surface area contributed by atoms with Crippen LogP contribution in [0.3, 0.4) is 0 Å². The molecule has 3 rings (SSSR count). The van der Waals surface area contributed by atoms with E-state index in [-0.39, 0.29) is 18.1 Å². The maximum absolute atomic E-state index is 13.3. The van der Waals surface area contributed by atoms with Gasteiger partial charge in [0, 0.05) is 12.7 Å². The number of aryl methyl sites for hydroxylation is 1. The summed E-state index contributed by atoms with van der Waals surface area (Å²) in [5.41, 5.74) is 3.08. The van der Waals surface area contributed by atoms with Crippen molar-refractivity contribution in [1.82, 2.24) is 4.98 Å². The first-order valence-electron chi connectivity index (χ1n) is 10.2. The van der Waals surface area contributed by atoms with E-state index in [4.69, 9.17) is 4.74 Å². The third-order valence-electron chi connectivity index (χ3n) is 5.07. The van der Waals surface area contributed by atoms with Gasteiger partial charge in [0.1, 0.15) is 5.82 Å². The predicted molar refractivity (Wildman–Crippen MR) is 119 cm³/mol. The van der Waals surface area contributed by atoms with Crippen molar-refractivity contribution in [2.75, 3.05) is 17.7 Å². The Morgan fingerprint density at radius 3 is 2.34 bits per heavy atom. The van der Waals surface area contributed by atoms with E-state index < -0.39 is 24.0 Å². The molecule has 2 N–H and O–H groups in total. The highest BCUT2D eigenvalue weighted by Gasteiger charge is 2.63. The van der Waals surface area contributed by atoms with E-state index in [1.165, 1.54) is 19.4 Å². The Balaban J connectivity index is 1.79. The van der Waals surface area contributed by atoms with E-state index in [2.05, 4.69) is 10.3 Å². The fourth-order valence-electron chi connectivity index (χ4n) is 3.31. The lowest BCUT2D eigenvalue weighted by Gasteiger charge is -2.19. The number of nitrogens with one attached hydrogen (secondary N) is 2. The number of carbonyl (C=O) groups is 2. The maximum atomic E-state index is 13.3. The minimum absolute atomic E-state index is 0.0865. The summed E-state index contributed by atoms with van der Waals surface area (Å²) in [5, 5.41) is 4.40. The fourth-order valence-corrected chi connectivity index (χ4v) is 3.31. The summed E-state index contributed by atoms with van der Waals surface area (Å²) in [6, 6.07) is 14.7. The summed E-state index contributed by atoms with van der Waals surface area (Å²) < 4.78 is 68.9. The van der Waals surface area contributed by atoms with Crippen molar-refractivity contribution in [1.29, 1.82) is 0 Å². The number of esters is 1. The molecule has 1 heterocycles. The number of hydrogen-bond acceptors (Lipinski definition) is 5. The van der Waals surface area contributed by atoms with Crippen molar-refractivity contribution in [3.05, 3.63) is 77.5 Å². The van der Waals surface area contributed by atoms with E-state index in [9.17, 15) is 31.5 Å². The van der Waals surface area contributed by atoms with Crippen molar-refractivity contribution in [2.24, 2.45) is 0 Å². The first-order valence-corrected chi connectivity index (χ1v) is 10.2. The molecule has 11 heteroatoms. The number of rotatable bonds is 7. The maximum Gasteiger partial charge on any atom is 0.463 e. The van der Waals surface area contributed by atoms with E-state index in [0.29, 0.717) is 11.1 Å². The number of aromatic nitrogens is 1. The number of pyridine rings is 1. The van der Waals surface area contributed by atoms with Crippen LogP contribution >= 0.6 is 0 Å². The van der Waals surface area contributed by atoms with Gasteiger partial charge in [-0.25, -0.2) is 9.78 Å². The van der Waals surface area contributed by atoms with E-state index >= 15 is 0 Å². The molecule has 1 amide bonds. The van der Waals surface area contributed by atoms with Crippen molar-refractivity contribution in [2.45, 2.75) is 25.6 Å². The average Bonchev–Trinajstić information content (AvgIpc) is 2.82. The van der Waals surface area contributed by atoms with Crippen LogP contribution in [-0.2, 0) is 16.1 Å². The van der Waals surface area contributed by atoms with Crippen LogP contribution in [0.2, 0.25) is 0 Å². The standard InChI is InChI=1S/C24H20F5N3O3/c1-14-12-15(9-10-16(14)17-6-3-4-7-18(17)21(33)35-2)13-31-20-19(8-5-11-30-20)32-22(34)23(25,26)24(27,28)29/h3-12H,13H2,1-2H3,(H,30,31)(H,32,34). The third-order valence-corrected chi connectivity index (χ3v) is 5.07. The molecule has 0 aliphatic rings. The number of amides is 1. The monoisotopic (exact) mass is 493 g/mol. The molecule has 35 heavy (non-hydrogen) atoms. The molecule has 0 aliphatic heterocycles. The first kappa shape index (κ1) is 25.6. The van der Waals surface area contributed by atoms with E-state index in [1.54, 1.807) is 41.7 Å². The van der Waals surface area contributed by atoms with Crippen LogP contribution in [0, 0.1) is 6.92 Å².